The number of benzene rings is 1. The molecule has 0 aliphatic heterocycles. The summed E-state index contributed by atoms with van der Waals surface area (Å²) in [7, 11) is 1.37. The Morgan fingerprint density at radius 3 is 2.86 bits per heavy atom. The van der Waals surface area contributed by atoms with Gasteiger partial charge in [-0.15, -0.1) is 0 Å². The minimum absolute atomic E-state index is 0.0814. The smallest absolute Gasteiger partial charge is 0.326 e. The van der Waals surface area contributed by atoms with Crippen LogP contribution in [0.2, 0.25) is 0 Å². The summed E-state index contributed by atoms with van der Waals surface area (Å²) in [6.45, 7) is 1.99. The number of hydrogen-bond acceptors (Lipinski definition) is 5. The van der Waals surface area contributed by atoms with Crippen molar-refractivity contribution in [3.63, 3.8) is 0 Å². The number of nitrogens with zero attached hydrogens (tertiary/aromatic N) is 2. The number of fused-ring (bicyclic) bond motifs is 1. The van der Waals surface area contributed by atoms with Crippen molar-refractivity contribution in [2.75, 3.05) is 12.4 Å². The molecule has 118 valence electrons. The van der Waals surface area contributed by atoms with Crippen LogP contribution in [0, 0.1) is 5.82 Å². The third-order valence-electron chi connectivity index (χ3n) is 3.38. The van der Waals surface area contributed by atoms with E-state index in [9.17, 15) is 14.3 Å². The second-order valence-corrected chi connectivity index (χ2v) is 4.88. The second kappa shape index (κ2) is 7.02. The zero-order valence-electron chi connectivity index (χ0n) is 12.5. The fourth-order valence-electron chi connectivity index (χ4n) is 2.18. The van der Waals surface area contributed by atoms with Crippen LogP contribution in [-0.2, 0) is 4.79 Å². The standard InChI is InChI=1S/C15H18FN3O3/c1-3-4-5-10(15(20)21)19-14-9-6-7-11(22-2)12(16)13(9)17-8-18-14/h6-8,10H,3-5H2,1-2H3,(H,20,21)(H,17,18,19). The summed E-state index contributed by atoms with van der Waals surface area (Å²) in [4.78, 5) is 19.3. The minimum atomic E-state index is -0.964. The van der Waals surface area contributed by atoms with Gasteiger partial charge in [0.2, 0.25) is 0 Å². The number of methoxy groups -OCH3 is 1. The Morgan fingerprint density at radius 1 is 1.45 bits per heavy atom. The van der Waals surface area contributed by atoms with Crippen LogP contribution in [0.4, 0.5) is 10.2 Å². The minimum Gasteiger partial charge on any atom is -0.494 e. The van der Waals surface area contributed by atoms with E-state index < -0.39 is 17.8 Å². The number of halogens is 1. The average Bonchev–Trinajstić information content (AvgIpc) is 2.52. The Labute approximate surface area is 127 Å². The van der Waals surface area contributed by atoms with E-state index in [-0.39, 0.29) is 11.3 Å². The third-order valence-corrected chi connectivity index (χ3v) is 3.38. The van der Waals surface area contributed by atoms with Gasteiger partial charge >= 0.3 is 5.97 Å². The van der Waals surface area contributed by atoms with Crippen molar-refractivity contribution in [1.29, 1.82) is 0 Å². The molecule has 22 heavy (non-hydrogen) atoms. The molecule has 0 aliphatic carbocycles. The van der Waals surface area contributed by atoms with E-state index >= 15 is 0 Å². The molecule has 0 saturated carbocycles. The van der Waals surface area contributed by atoms with Crippen LogP contribution in [0.1, 0.15) is 26.2 Å². The number of anilines is 1. The summed E-state index contributed by atoms with van der Waals surface area (Å²) in [6, 6.07) is 2.30. The maximum absolute atomic E-state index is 14.2. The van der Waals surface area contributed by atoms with E-state index in [1.807, 2.05) is 6.92 Å². The molecule has 1 aromatic heterocycles. The lowest BCUT2D eigenvalue weighted by Gasteiger charge is -2.16. The monoisotopic (exact) mass is 307 g/mol. The Morgan fingerprint density at radius 2 is 2.23 bits per heavy atom. The molecular formula is C15H18FN3O3. The van der Waals surface area contributed by atoms with Crippen LogP contribution in [0.5, 0.6) is 5.75 Å². The number of nitrogens with one attached hydrogen (secondary N) is 1. The van der Waals surface area contributed by atoms with Crippen LogP contribution in [-0.4, -0.2) is 34.2 Å². The maximum Gasteiger partial charge on any atom is 0.326 e. The topological polar surface area (TPSA) is 84.3 Å². The highest BCUT2D eigenvalue weighted by Gasteiger charge is 2.19. The first-order valence-corrected chi connectivity index (χ1v) is 7.05. The van der Waals surface area contributed by atoms with Crippen LogP contribution in [0.3, 0.4) is 0 Å². The van der Waals surface area contributed by atoms with Gasteiger partial charge in [-0.2, -0.15) is 0 Å². The SMILES string of the molecule is CCCCC(Nc1ncnc2c(F)c(OC)ccc12)C(=O)O. The molecule has 0 amide bonds. The van der Waals surface area contributed by atoms with Gasteiger partial charge < -0.3 is 15.2 Å². The van der Waals surface area contributed by atoms with Gasteiger partial charge in [0.1, 0.15) is 23.7 Å². The summed E-state index contributed by atoms with van der Waals surface area (Å²) in [5.41, 5.74) is 0.0940. The fraction of sp³-hybridized carbons (Fsp3) is 0.400. The molecule has 0 spiro atoms. The van der Waals surface area contributed by atoms with E-state index in [4.69, 9.17) is 4.74 Å². The van der Waals surface area contributed by atoms with Crippen molar-refractivity contribution in [2.45, 2.75) is 32.2 Å². The zero-order valence-corrected chi connectivity index (χ0v) is 12.5. The van der Waals surface area contributed by atoms with Crippen molar-refractivity contribution < 1.29 is 19.0 Å². The predicted octanol–water partition coefficient (Wildman–Crippen LogP) is 2.83. The van der Waals surface area contributed by atoms with Crippen molar-refractivity contribution in [2.24, 2.45) is 0 Å². The number of aliphatic carboxylic acids is 1. The van der Waals surface area contributed by atoms with E-state index in [0.29, 0.717) is 17.6 Å². The number of aromatic nitrogens is 2. The van der Waals surface area contributed by atoms with E-state index in [2.05, 4.69) is 15.3 Å². The predicted molar refractivity (Wildman–Crippen MR) is 80.6 cm³/mol. The first kappa shape index (κ1) is 15.9. The third kappa shape index (κ3) is 3.24. The molecule has 6 nitrogen and oxygen atoms in total. The molecule has 2 aromatic rings. The molecule has 0 aliphatic rings. The largest absolute Gasteiger partial charge is 0.494 e. The van der Waals surface area contributed by atoms with Crippen LogP contribution in [0.25, 0.3) is 10.9 Å². The molecule has 7 heteroatoms. The Kier molecular flexibility index (Phi) is 5.08. The highest BCUT2D eigenvalue weighted by molar-refractivity contribution is 5.91. The Hall–Kier alpha value is -2.44. The summed E-state index contributed by atoms with van der Waals surface area (Å²) in [5, 5.41) is 12.6. The normalized spacial score (nSPS) is 12.1. The first-order valence-electron chi connectivity index (χ1n) is 7.05. The fourth-order valence-corrected chi connectivity index (χ4v) is 2.18. The lowest BCUT2D eigenvalue weighted by Crippen LogP contribution is -2.29. The van der Waals surface area contributed by atoms with E-state index in [0.717, 1.165) is 12.8 Å². The van der Waals surface area contributed by atoms with Gasteiger partial charge in [0, 0.05) is 5.39 Å². The van der Waals surface area contributed by atoms with E-state index in [1.165, 1.54) is 19.5 Å². The molecule has 0 radical (unpaired) electrons. The highest BCUT2D eigenvalue weighted by Crippen LogP contribution is 2.28. The average molecular weight is 307 g/mol. The van der Waals surface area contributed by atoms with Gasteiger partial charge in [-0.3, -0.25) is 0 Å². The van der Waals surface area contributed by atoms with E-state index in [1.54, 1.807) is 6.07 Å². The number of hydrogen-bond donors (Lipinski definition) is 2. The molecule has 0 saturated heterocycles. The van der Waals surface area contributed by atoms with Crippen LogP contribution < -0.4 is 10.1 Å². The van der Waals surface area contributed by atoms with Gasteiger partial charge in [-0.25, -0.2) is 19.2 Å². The molecule has 2 rings (SSSR count). The van der Waals surface area contributed by atoms with Crippen molar-refractivity contribution in [3.05, 3.63) is 24.3 Å². The quantitative estimate of drug-likeness (QED) is 0.818. The lowest BCUT2D eigenvalue weighted by atomic mass is 10.1. The Bertz CT molecular complexity index is 678. The summed E-state index contributed by atoms with van der Waals surface area (Å²) >= 11 is 0. The number of carboxylic acids is 1. The summed E-state index contributed by atoms with van der Waals surface area (Å²) in [5.74, 6) is -1.17. The molecule has 1 heterocycles. The van der Waals surface area contributed by atoms with Gasteiger partial charge in [-0.05, 0) is 18.6 Å². The van der Waals surface area contributed by atoms with Gasteiger partial charge in [0.25, 0.3) is 0 Å². The zero-order chi connectivity index (χ0) is 16.1. The van der Waals surface area contributed by atoms with Crippen LogP contribution in [0.15, 0.2) is 18.5 Å². The molecule has 2 N–H and O–H groups in total. The van der Waals surface area contributed by atoms with Crippen LogP contribution >= 0.6 is 0 Å². The van der Waals surface area contributed by atoms with Gasteiger partial charge in [0.15, 0.2) is 11.6 Å². The molecule has 1 aromatic carbocycles. The molecule has 1 atom stereocenters. The molecule has 0 fully saturated rings. The molecule has 0 bridgehead atoms. The van der Waals surface area contributed by atoms with Gasteiger partial charge in [-0.1, -0.05) is 19.8 Å². The highest BCUT2D eigenvalue weighted by atomic mass is 19.1. The summed E-state index contributed by atoms with van der Waals surface area (Å²) in [6.07, 6.45) is 3.33. The summed E-state index contributed by atoms with van der Waals surface area (Å²) < 4.78 is 19.1. The second-order valence-electron chi connectivity index (χ2n) is 4.88. The maximum atomic E-state index is 14.2. The van der Waals surface area contributed by atoms with Crippen molar-refractivity contribution in [3.8, 4) is 5.75 Å². The van der Waals surface area contributed by atoms with Crippen molar-refractivity contribution in [1.82, 2.24) is 9.97 Å². The Balaban J connectivity index is 2.39. The lowest BCUT2D eigenvalue weighted by molar-refractivity contribution is -0.138. The number of carboxylic acid groups (broad SMARTS) is 1. The molecular weight excluding hydrogens is 289 g/mol. The first-order chi connectivity index (χ1) is 10.6. The van der Waals surface area contributed by atoms with Gasteiger partial charge in [0.05, 0.1) is 7.11 Å². The number of unbranched alkanes of at least 4 members (excludes halogenated alkanes) is 1. The molecule has 1 unspecified atom stereocenters. The number of ether oxygens (including phenoxy) is 1. The van der Waals surface area contributed by atoms with Crippen molar-refractivity contribution >= 4 is 22.7 Å². The number of rotatable bonds is 7. The number of carbonyl (C=O) groups is 1.